The maximum absolute atomic E-state index is 12.3. The third-order valence-electron chi connectivity index (χ3n) is 6.03. The first-order chi connectivity index (χ1) is 18.6. The van der Waals surface area contributed by atoms with Gasteiger partial charge in [-0.1, -0.05) is 59.6 Å². The van der Waals surface area contributed by atoms with Crippen molar-refractivity contribution in [1.82, 2.24) is 4.98 Å². The molecular weight excluding hydrogens is 550 g/mol. The summed E-state index contributed by atoms with van der Waals surface area (Å²) < 4.78 is 51.9. The van der Waals surface area contributed by atoms with E-state index in [0.29, 0.717) is 32.8 Å². The number of hydrogen-bond acceptors (Lipinski definition) is 4. The summed E-state index contributed by atoms with van der Waals surface area (Å²) in [5, 5.41) is 1.76. The monoisotopic (exact) mass is 569 g/mol. The first-order valence-electron chi connectivity index (χ1n) is 11.7. The van der Waals surface area contributed by atoms with Gasteiger partial charge in [0.05, 0.1) is 22.7 Å². The zero-order valence-electron chi connectivity index (χ0n) is 20.6. The molecular formula is C30H20Cl2F3NO3. The molecule has 5 aromatic rings. The molecule has 0 spiro atoms. The van der Waals surface area contributed by atoms with Gasteiger partial charge in [0, 0.05) is 22.7 Å². The molecule has 0 saturated carbocycles. The summed E-state index contributed by atoms with van der Waals surface area (Å²) in [6.45, 7) is 1.91. The topological polar surface area (TPSA) is 40.6 Å². The minimum atomic E-state index is -4.74. The van der Waals surface area contributed by atoms with Crippen molar-refractivity contribution in [2.24, 2.45) is 0 Å². The van der Waals surface area contributed by atoms with E-state index in [9.17, 15) is 13.2 Å². The van der Waals surface area contributed by atoms with Crippen molar-refractivity contribution in [2.75, 3.05) is 7.11 Å². The van der Waals surface area contributed by atoms with Gasteiger partial charge < -0.3 is 14.2 Å². The second-order valence-corrected chi connectivity index (χ2v) is 9.40. The van der Waals surface area contributed by atoms with Crippen LogP contribution in [0.3, 0.4) is 0 Å². The summed E-state index contributed by atoms with van der Waals surface area (Å²) >= 11 is 13.1. The first-order valence-corrected chi connectivity index (χ1v) is 12.4. The van der Waals surface area contributed by atoms with Gasteiger partial charge in [-0.25, -0.2) is 0 Å². The zero-order chi connectivity index (χ0) is 27.7. The van der Waals surface area contributed by atoms with Gasteiger partial charge in [0.1, 0.15) is 23.0 Å². The second kappa shape index (κ2) is 10.7. The van der Waals surface area contributed by atoms with E-state index in [0.717, 1.165) is 33.3 Å². The fourth-order valence-electron chi connectivity index (χ4n) is 4.22. The van der Waals surface area contributed by atoms with E-state index in [4.69, 9.17) is 37.7 Å². The predicted octanol–water partition coefficient (Wildman–Crippen LogP) is 9.88. The maximum Gasteiger partial charge on any atom is 0.573 e. The highest BCUT2D eigenvalue weighted by molar-refractivity contribution is 6.39. The van der Waals surface area contributed by atoms with Crippen LogP contribution < -0.4 is 14.2 Å². The standard InChI is InChI=1S/C30H20Cl2F3NO3/c1-17-28(29(32)24-15-25(31)27(37-2)16-26(24)36-17)20-5-3-18(4-6-20)19-7-9-21(10-8-19)38-22-11-13-23(14-12-22)39-30(33,34)35/h3-16H,1-2H3. The number of hydrogen-bond donors (Lipinski definition) is 0. The van der Waals surface area contributed by atoms with Crippen molar-refractivity contribution in [3.05, 3.63) is 101 Å². The third-order valence-corrected chi connectivity index (χ3v) is 6.72. The number of alkyl halides is 3. The Labute approximate surface area is 232 Å². The van der Waals surface area contributed by atoms with E-state index in [1.807, 2.05) is 43.3 Å². The van der Waals surface area contributed by atoms with Gasteiger partial charge in [-0.3, -0.25) is 4.98 Å². The number of rotatable bonds is 6. The fraction of sp³-hybridized carbons (Fsp3) is 0.100. The van der Waals surface area contributed by atoms with Crippen molar-refractivity contribution in [2.45, 2.75) is 13.3 Å². The Hall–Kier alpha value is -3.94. The molecule has 39 heavy (non-hydrogen) atoms. The normalized spacial score (nSPS) is 11.5. The van der Waals surface area contributed by atoms with E-state index in [2.05, 4.69) is 4.74 Å². The third kappa shape index (κ3) is 5.90. The molecule has 1 aromatic heterocycles. The summed E-state index contributed by atoms with van der Waals surface area (Å²) in [5.41, 5.74) is 5.17. The number of benzene rings is 4. The highest BCUT2D eigenvalue weighted by Crippen LogP contribution is 2.40. The number of ether oxygens (including phenoxy) is 3. The Kier molecular flexibility index (Phi) is 7.30. The molecule has 0 bridgehead atoms. The minimum absolute atomic E-state index is 0.311. The Morgan fingerprint density at radius 3 is 1.79 bits per heavy atom. The first kappa shape index (κ1) is 26.7. The lowest BCUT2D eigenvalue weighted by Crippen LogP contribution is -2.16. The van der Waals surface area contributed by atoms with Gasteiger partial charge in [0.25, 0.3) is 0 Å². The molecule has 0 aliphatic heterocycles. The predicted molar refractivity (Wildman–Crippen MR) is 147 cm³/mol. The van der Waals surface area contributed by atoms with E-state index in [-0.39, 0.29) is 5.75 Å². The number of halogens is 5. The van der Waals surface area contributed by atoms with Crippen molar-refractivity contribution >= 4 is 34.1 Å². The van der Waals surface area contributed by atoms with Gasteiger partial charge in [0.2, 0.25) is 0 Å². The smallest absolute Gasteiger partial charge is 0.495 e. The van der Waals surface area contributed by atoms with Crippen molar-refractivity contribution in [3.8, 4) is 45.3 Å². The van der Waals surface area contributed by atoms with Crippen LogP contribution >= 0.6 is 23.2 Å². The van der Waals surface area contributed by atoms with Gasteiger partial charge in [-0.2, -0.15) is 0 Å². The van der Waals surface area contributed by atoms with Crippen LogP contribution in [0, 0.1) is 6.92 Å². The number of aryl methyl sites for hydroxylation is 1. The van der Waals surface area contributed by atoms with Crippen LogP contribution in [-0.2, 0) is 0 Å². The van der Waals surface area contributed by atoms with E-state index in [1.165, 1.54) is 24.3 Å². The molecule has 0 atom stereocenters. The van der Waals surface area contributed by atoms with Gasteiger partial charge in [-0.05, 0) is 66.1 Å². The average molecular weight is 570 g/mol. The molecule has 0 fully saturated rings. The molecule has 0 radical (unpaired) electrons. The zero-order valence-corrected chi connectivity index (χ0v) is 22.2. The quantitative estimate of drug-likeness (QED) is 0.204. The highest BCUT2D eigenvalue weighted by Gasteiger charge is 2.31. The van der Waals surface area contributed by atoms with Crippen molar-refractivity contribution in [3.63, 3.8) is 0 Å². The summed E-state index contributed by atoms with van der Waals surface area (Å²) in [6.07, 6.45) is -4.74. The molecule has 0 aliphatic carbocycles. The minimum Gasteiger partial charge on any atom is -0.495 e. The van der Waals surface area contributed by atoms with Crippen molar-refractivity contribution < 1.29 is 27.4 Å². The molecule has 198 valence electrons. The van der Waals surface area contributed by atoms with Crippen LogP contribution in [0.2, 0.25) is 10.0 Å². The summed E-state index contributed by atoms with van der Waals surface area (Å²) in [4.78, 5) is 4.71. The van der Waals surface area contributed by atoms with Gasteiger partial charge in [0.15, 0.2) is 0 Å². The Bertz CT molecular complexity index is 1640. The number of nitrogens with zero attached hydrogens (tertiary/aromatic N) is 1. The lowest BCUT2D eigenvalue weighted by atomic mass is 9.98. The number of aromatic nitrogens is 1. The van der Waals surface area contributed by atoms with E-state index in [1.54, 1.807) is 31.4 Å². The van der Waals surface area contributed by atoms with Crippen LogP contribution in [0.1, 0.15) is 5.69 Å². The molecule has 0 saturated heterocycles. The average Bonchev–Trinajstić information content (AvgIpc) is 2.90. The fourth-order valence-corrected chi connectivity index (χ4v) is 4.86. The molecule has 9 heteroatoms. The lowest BCUT2D eigenvalue weighted by molar-refractivity contribution is -0.274. The number of pyridine rings is 1. The van der Waals surface area contributed by atoms with Crippen molar-refractivity contribution in [1.29, 1.82) is 0 Å². The Morgan fingerprint density at radius 2 is 1.23 bits per heavy atom. The molecule has 5 rings (SSSR count). The molecule has 4 aromatic carbocycles. The summed E-state index contributed by atoms with van der Waals surface area (Å²) in [5.74, 6) is 1.15. The molecule has 0 aliphatic rings. The lowest BCUT2D eigenvalue weighted by Gasteiger charge is -2.14. The summed E-state index contributed by atoms with van der Waals surface area (Å²) in [6, 6.07) is 24.1. The van der Waals surface area contributed by atoms with E-state index >= 15 is 0 Å². The Morgan fingerprint density at radius 1 is 0.718 bits per heavy atom. The van der Waals surface area contributed by atoms with Crippen LogP contribution in [0.15, 0.2) is 84.9 Å². The van der Waals surface area contributed by atoms with Gasteiger partial charge >= 0.3 is 6.36 Å². The molecule has 0 amide bonds. The highest BCUT2D eigenvalue weighted by atomic mass is 35.5. The van der Waals surface area contributed by atoms with Crippen LogP contribution in [0.5, 0.6) is 23.0 Å². The van der Waals surface area contributed by atoms with Crippen LogP contribution in [0.4, 0.5) is 13.2 Å². The number of fused-ring (bicyclic) bond motifs is 1. The largest absolute Gasteiger partial charge is 0.573 e. The SMILES string of the molecule is COc1cc2nc(C)c(-c3ccc(-c4ccc(Oc5ccc(OC(F)(F)F)cc5)cc4)cc3)c(Cl)c2cc1Cl. The maximum atomic E-state index is 12.3. The second-order valence-electron chi connectivity index (χ2n) is 8.61. The molecule has 0 unspecified atom stereocenters. The molecule has 0 N–H and O–H groups in total. The Balaban J connectivity index is 1.34. The van der Waals surface area contributed by atoms with Crippen LogP contribution in [-0.4, -0.2) is 18.5 Å². The number of methoxy groups -OCH3 is 1. The van der Waals surface area contributed by atoms with E-state index < -0.39 is 6.36 Å². The van der Waals surface area contributed by atoms with Crippen LogP contribution in [0.25, 0.3) is 33.2 Å². The van der Waals surface area contributed by atoms with Gasteiger partial charge in [-0.15, -0.1) is 13.2 Å². The molecule has 1 heterocycles. The molecule has 4 nitrogen and oxygen atoms in total. The summed E-state index contributed by atoms with van der Waals surface area (Å²) in [7, 11) is 1.55.